The number of hydrogen-bond donors (Lipinski definition) is 1. The van der Waals surface area contributed by atoms with Crippen molar-refractivity contribution in [1.29, 1.82) is 0 Å². The van der Waals surface area contributed by atoms with Gasteiger partial charge in [0.1, 0.15) is 6.61 Å². The van der Waals surface area contributed by atoms with Crippen LogP contribution >= 0.6 is 0 Å². The SMILES string of the molecule is [N-]=[N+]=NC[C@@H](OCC(=O)O)c1ccccc1. The second-order valence-electron chi connectivity index (χ2n) is 3.02. The molecule has 0 aromatic heterocycles. The van der Waals surface area contributed by atoms with Crippen molar-refractivity contribution in [3.8, 4) is 0 Å². The molecule has 1 aromatic carbocycles. The summed E-state index contributed by atoms with van der Waals surface area (Å²) in [5, 5.41) is 11.9. The Bertz CT molecular complexity index is 388. The van der Waals surface area contributed by atoms with Gasteiger partial charge >= 0.3 is 5.97 Å². The van der Waals surface area contributed by atoms with Crippen molar-refractivity contribution in [1.82, 2.24) is 0 Å². The molecule has 16 heavy (non-hydrogen) atoms. The number of carbonyl (C=O) groups is 1. The third-order valence-corrected chi connectivity index (χ3v) is 1.89. The van der Waals surface area contributed by atoms with E-state index in [0.717, 1.165) is 5.56 Å². The van der Waals surface area contributed by atoms with Gasteiger partial charge in [0.05, 0.1) is 12.6 Å². The average Bonchev–Trinajstić information content (AvgIpc) is 2.30. The summed E-state index contributed by atoms with van der Waals surface area (Å²) in [7, 11) is 0. The predicted molar refractivity (Wildman–Crippen MR) is 56.8 cm³/mol. The number of nitrogens with zero attached hydrogens (tertiary/aromatic N) is 3. The van der Waals surface area contributed by atoms with Crippen LogP contribution in [0.15, 0.2) is 35.4 Å². The first-order valence-corrected chi connectivity index (χ1v) is 4.63. The summed E-state index contributed by atoms with van der Waals surface area (Å²) in [5.41, 5.74) is 9.01. The summed E-state index contributed by atoms with van der Waals surface area (Å²) < 4.78 is 5.13. The van der Waals surface area contributed by atoms with Gasteiger partial charge < -0.3 is 9.84 Å². The van der Waals surface area contributed by atoms with Gasteiger partial charge in [0, 0.05) is 4.91 Å². The maximum atomic E-state index is 10.4. The first-order valence-electron chi connectivity index (χ1n) is 4.63. The highest BCUT2D eigenvalue weighted by Crippen LogP contribution is 2.17. The molecule has 6 nitrogen and oxygen atoms in total. The number of azide groups is 1. The number of benzene rings is 1. The van der Waals surface area contributed by atoms with Crippen LogP contribution in [0.4, 0.5) is 0 Å². The Morgan fingerprint density at radius 2 is 2.19 bits per heavy atom. The summed E-state index contributed by atoms with van der Waals surface area (Å²) in [5.74, 6) is -1.05. The van der Waals surface area contributed by atoms with E-state index in [1.807, 2.05) is 18.2 Å². The van der Waals surface area contributed by atoms with Crippen molar-refractivity contribution in [2.45, 2.75) is 6.10 Å². The smallest absolute Gasteiger partial charge is 0.329 e. The van der Waals surface area contributed by atoms with E-state index in [1.54, 1.807) is 12.1 Å². The number of carboxylic acid groups (broad SMARTS) is 1. The van der Waals surface area contributed by atoms with Gasteiger partial charge in [-0.3, -0.25) is 0 Å². The third kappa shape index (κ3) is 4.00. The molecule has 0 unspecified atom stereocenters. The summed E-state index contributed by atoms with van der Waals surface area (Å²) in [6, 6.07) is 9.04. The molecule has 0 radical (unpaired) electrons. The first-order chi connectivity index (χ1) is 7.74. The standard InChI is InChI=1S/C10H11N3O3/c11-13-12-6-9(16-7-10(14)15)8-4-2-1-3-5-8/h1-5,9H,6-7H2,(H,14,15)/t9-/m1/s1. The van der Waals surface area contributed by atoms with E-state index in [4.69, 9.17) is 15.4 Å². The number of rotatable bonds is 6. The van der Waals surface area contributed by atoms with Crippen molar-refractivity contribution in [2.75, 3.05) is 13.2 Å². The highest BCUT2D eigenvalue weighted by atomic mass is 16.5. The van der Waals surface area contributed by atoms with Crippen LogP contribution in [0.5, 0.6) is 0 Å². The van der Waals surface area contributed by atoms with Crippen molar-refractivity contribution in [3.63, 3.8) is 0 Å². The van der Waals surface area contributed by atoms with E-state index in [1.165, 1.54) is 0 Å². The van der Waals surface area contributed by atoms with Gasteiger partial charge in [-0.05, 0) is 11.1 Å². The maximum absolute atomic E-state index is 10.4. The zero-order valence-corrected chi connectivity index (χ0v) is 8.48. The highest BCUT2D eigenvalue weighted by molar-refractivity contribution is 5.68. The minimum absolute atomic E-state index is 0.0772. The molecule has 0 aliphatic heterocycles. The van der Waals surface area contributed by atoms with Gasteiger partial charge in [0.15, 0.2) is 0 Å². The fraction of sp³-hybridized carbons (Fsp3) is 0.300. The summed E-state index contributed by atoms with van der Waals surface area (Å²) in [6.07, 6.45) is -0.520. The molecule has 0 saturated carbocycles. The van der Waals surface area contributed by atoms with Crippen LogP contribution in [0.2, 0.25) is 0 Å². The zero-order chi connectivity index (χ0) is 11.8. The number of carboxylic acids is 1. The van der Waals surface area contributed by atoms with Crippen molar-refractivity contribution < 1.29 is 14.6 Å². The summed E-state index contributed by atoms with van der Waals surface area (Å²) >= 11 is 0. The van der Waals surface area contributed by atoms with Crippen LogP contribution in [0, 0.1) is 0 Å². The van der Waals surface area contributed by atoms with E-state index >= 15 is 0 Å². The van der Waals surface area contributed by atoms with Crippen molar-refractivity contribution in [3.05, 3.63) is 46.3 Å². The predicted octanol–water partition coefficient (Wildman–Crippen LogP) is 2.14. The molecule has 0 aliphatic carbocycles. The van der Waals surface area contributed by atoms with Crippen LogP contribution in [0.1, 0.15) is 11.7 Å². The van der Waals surface area contributed by atoms with Gasteiger partial charge in [0.25, 0.3) is 0 Å². The minimum Gasteiger partial charge on any atom is -0.480 e. The van der Waals surface area contributed by atoms with Gasteiger partial charge in [-0.15, -0.1) is 0 Å². The Labute approximate surface area is 92.1 Å². The fourth-order valence-corrected chi connectivity index (χ4v) is 1.20. The lowest BCUT2D eigenvalue weighted by Gasteiger charge is -2.14. The van der Waals surface area contributed by atoms with E-state index in [0.29, 0.717) is 0 Å². The lowest BCUT2D eigenvalue weighted by Crippen LogP contribution is -2.14. The lowest BCUT2D eigenvalue weighted by molar-refractivity contribution is -0.144. The molecule has 0 amide bonds. The molecule has 0 aliphatic rings. The monoisotopic (exact) mass is 221 g/mol. The molecule has 0 spiro atoms. The summed E-state index contributed by atoms with van der Waals surface area (Å²) in [6.45, 7) is -0.339. The second-order valence-corrected chi connectivity index (χ2v) is 3.02. The first kappa shape index (κ1) is 12.0. The van der Waals surface area contributed by atoms with Crippen molar-refractivity contribution in [2.24, 2.45) is 5.11 Å². The van der Waals surface area contributed by atoms with Crippen LogP contribution in [-0.2, 0) is 9.53 Å². The number of aliphatic carboxylic acids is 1. The van der Waals surface area contributed by atoms with Gasteiger partial charge in [-0.2, -0.15) is 0 Å². The Balaban J connectivity index is 2.70. The van der Waals surface area contributed by atoms with E-state index in [9.17, 15) is 4.79 Å². The average molecular weight is 221 g/mol. The Kier molecular flexibility index (Phi) is 4.85. The maximum Gasteiger partial charge on any atom is 0.329 e. The Morgan fingerprint density at radius 1 is 1.50 bits per heavy atom. The molecule has 6 heteroatoms. The largest absolute Gasteiger partial charge is 0.480 e. The highest BCUT2D eigenvalue weighted by Gasteiger charge is 2.12. The molecule has 1 aromatic rings. The molecule has 1 atom stereocenters. The van der Waals surface area contributed by atoms with Crippen LogP contribution in [0.3, 0.4) is 0 Å². The minimum atomic E-state index is -1.05. The molecule has 0 fully saturated rings. The van der Waals surface area contributed by atoms with E-state index < -0.39 is 18.7 Å². The Morgan fingerprint density at radius 3 is 2.75 bits per heavy atom. The molecule has 0 saturated heterocycles. The topological polar surface area (TPSA) is 95.3 Å². The summed E-state index contributed by atoms with van der Waals surface area (Å²) in [4.78, 5) is 13.0. The Hall–Kier alpha value is -2.04. The molecule has 1 N–H and O–H groups in total. The molecule has 0 bridgehead atoms. The molecule has 0 heterocycles. The lowest BCUT2D eigenvalue weighted by atomic mass is 10.1. The third-order valence-electron chi connectivity index (χ3n) is 1.89. The molecular formula is C10H11N3O3. The van der Waals surface area contributed by atoms with Crippen LogP contribution in [0.25, 0.3) is 10.4 Å². The van der Waals surface area contributed by atoms with E-state index in [-0.39, 0.29) is 6.54 Å². The van der Waals surface area contributed by atoms with Gasteiger partial charge in [0.2, 0.25) is 0 Å². The normalized spacial score (nSPS) is 11.5. The van der Waals surface area contributed by atoms with E-state index in [2.05, 4.69) is 10.0 Å². The fourth-order valence-electron chi connectivity index (χ4n) is 1.20. The molecule has 1 rings (SSSR count). The van der Waals surface area contributed by atoms with Crippen molar-refractivity contribution >= 4 is 5.97 Å². The zero-order valence-electron chi connectivity index (χ0n) is 8.48. The number of hydrogen-bond acceptors (Lipinski definition) is 3. The number of ether oxygens (including phenoxy) is 1. The van der Waals surface area contributed by atoms with Gasteiger partial charge in [-0.1, -0.05) is 35.4 Å². The van der Waals surface area contributed by atoms with Crippen LogP contribution in [-0.4, -0.2) is 24.2 Å². The molecular weight excluding hydrogens is 210 g/mol. The molecule has 84 valence electrons. The van der Waals surface area contributed by atoms with Gasteiger partial charge in [-0.25, -0.2) is 4.79 Å². The quantitative estimate of drug-likeness (QED) is 0.452. The van der Waals surface area contributed by atoms with Crippen LogP contribution < -0.4 is 0 Å². The second kappa shape index (κ2) is 6.44.